The van der Waals surface area contributed by atoms with Crippen molar-refractivity contribution < 1.29 is 0 Å². The minimum absolute atomic E-state index is 1.26. The Balaban J connectivity index is 1.17. The minimum Gasteiger partial charge on any atom is -0.135 e. The first-order chi connectivity index (χ1) is 23.8. The van der Waals surface area contributed by atoms with Gasteiger partial charge < -0.3 is 0 Å². The molecule has 0 unspecified atom stereocenters. The van der Waals surface area contributed by atoms with Gasteiger partial charge in [0.15, 0.2) is 0 Å². The first kappa shape index (κ1) is 26.5. The van der Waals surface area contributed by atoms with Gasteiger partial charge >= 0.3 is 0 Å². The van der Waals surface area contributed by atoms with Crippen molar-refractivity contribution in [3.63, 3.8) is 0 Å². The predicted molar refractivity (Wildman–Crippen MR) is 213 cm³/mol. The third kappa shape index (κ3) is 3.70. The van der Waals surface area contributed by atoms with Crippen LogP contribution in [0.2, 0.25) is 0 Å². The molecule has 0 bridgehead atoms. The van der Waals surface area contributed by atoms with Crippen molar-refractivity contribution in [2.45, 2.75) is 0 Å². The summed E-state index contributed by atoms with van der Waals surface area (Å²) in [6, 6.07) is 58.8. The highest BCUT2D eigenvalue weighted by atomic mass is 32.1. The summed E-state index contributed by atoms with van der Waals surface area (Å²) in [5.41, 5.74) is 5.13. The summed E-state index contributed by atoms with van der Waals surface area (Å²) in [5, 5.41) is 15.8. The predicted octanol–water partition coefficient (Wildman–Crippen LogP) is 14.4. The number of fused-ring (bicyclic) bond motifs is 12. The monoisotopic (exact) mass is 642 g/mol. The van der Waals surface area contributed by atoms with Gasteiger partial charge in [0.25, 0.3) is 0 Å². The quantitative estimate of drug-likeness (QED) is 0.165. The van der Waals surface area contributed by atoms with Gasteiger partial charge in [-0.3, -0.25) is 0 Å². The Labute approximate surface area is 284 Å². The maximum Gasteiger partial charge on any atom is 0.0434 e. The molecule has 9 aromatic carbocycles. The molecule has 0 aliphatic heterocycles. The molecule has 2 heterocycles. The molecule has 0 spiro atoms. The van der Waals surface area contributed by atoms with Gasteiger partial charge in [0, 0.05) is 51.1 Å². The van der Waals surface area contributed by atoms with E-state index in [1.165, 1.54) is 106 Å². The van der Waals surface area contributed by atoms with Crippen molar-refractivity contribution >= 4 is 106 Å². The van der Waals surface area contributed by atoms with E-state index in [-0.39, 0.29) is 0 Å². The molecular formula is C46H26S2. The van der Waals surface area contributed by atoms with Gasteiger partial charge in [-0.15, -0.1) is 22.7 Å². The summed E-state index contributed by atoms with van der Waals surface area (Å²) in [4.78, 5) is 0. The molecule has 0 nitrogen and oxygen atoms in total. The Morgan fingerprint density at radius 3 is 1.33 bits per heavy atom. The van der Waals surface area contributed by atoms with Gasteiger partial charge in [-0.05, 0) is 78.8 Å². The van der Waals surface area contributed by atoms with E-state index in [1.807, 2.05) is 22.7 Å². The Bertz CT molecular complexity index is 3060. The zero-order chi connectivity index (χ0) is 31.3. The number of rotatable bonds is 2. The fourth-order valence-corrected chi connectivity index (χ4v) is 10.5. The van der Waals surface area contributed by atoms with Gasteiger partial charge in [0.1, 0.15) is 0 Å². The van der Waals surface area contributed by atoms with Crippen LogP contribution in [-0.4, -0.2) is 0 Å². The Morgan fingerprint density at radius 1 is 0.271 bits per heavy atom. The van der Waals surface area contributed by atoms with E-state index < -0.39 is 0 Å². The lowest BCUT2D eigenvalue weighted by Crippen LogP contribution is -1.91. The molecule has 2 heteroatoms. The second-order valence-electron chi connectivity index (χ2n) is 12.8. The maximum atomic E-state index is 2.45. The van der Waals surface area contributed by atoms with E-state index in [9.17, 15) is 0 Å². The molecular weight excluding hydrogens is 617 g/mol. The SMILES string of the molecule is c1ccc2cc(-c3c4ccccc4c(-c4ccc5sc6c(ccc7c6ccc6c8ccccc8sc67)c5c4)c4ccccc34)ccc2c1. The molecule has 0 amide bonds. The smallest absolute Gasteiger partial charge is 0.0434 e. The van der Waals surface area contributed by atoms with Crippen LogP contribution in [0.5, 0.6) is 0 Å². The van der Waals surface area contributed by atoms with E-state index >= 15 is 0 Å². The lowest BCUT2D eigenvalue weighted by Gasteiger charge is -2.18. The maximum absolute atomic E-state index is 2.45. The fourth-order valence-electron chi connectivity index (χ4n) is 8.07. The Hall–Kier alpha value is -5.54. The fraction of sp³-hybridized carbons (Fsp3) is 0. The van der Waals surface area contributed by atoms with Crippen molar-refractivity contribution in [3.8, 4) is 22.3 Å². The molecule has 11 rings (SSSR count). The van der Waals surface area contributed by atoms with Crippen LogP contribution < -0.4 is 0 Å². The third-order valence-corrected chi connectivity index (χ3v) is 12.7. The third-order valence-electron chi connectivity index (χ3n) is 10.2. The topological polar surface area (TPSA) is 0 Å². The van der Waals surface area contributed by atoms with Crippen LogP contribution >= 0.6 is 22.7 Å². The highest BCUT2D eigenvalue weighted by Gasteiger charge is 2.19. The molecule has 0 aliphatic carbocycles. The number of benzene rings is 9. The van der Waals surface area contributed by atoms with Crippen molar-refractivity contribution in [2.75, 3.05) is 0 Å². The second kappa shape index (κ2) is 9.98. The summed E-state index contributed by atoms with van der Waals surface area (Å²) in [5.74, 6) is 0. The van der Waals surface area contributed by atoms with Crippen LogP contribution in [0.3, 0.4) is 0 Å². The zero-order valence-electron chi connectivity index (χ0n) is 25.8. The van der Waals surface area contributed by atoms with Crippen LogP contribution in [0.25, 0.3) is 106 Å². The van der Waals surface area contributed by atoms with Crippen molar-refractivity contribution in [3.05, 3.63) is 158 Å². The molecule has 0 N–H and O–H groups in total. The van der Waals surface area contributed by atoms with E-state index in [4.69, 9.17) is 0 Å². The molecule has 0 saturated carbocycles. The Kier molecular flexibility index (Phi) is 5.51. The van der Waals surface area contributed by atoms with Crippen LogP contribution in [0.1, 0.15) is 0 Å². The number of hydrogen-bond acceptors (Lipinski definition) is 2. The van der Waals surface area contributed by atoms with Crippen LogP contribution in [-0.2, 0) is 0 Å². The van der Waals surface area contributed by atoms with Crippen LogP contribution in [0, 0.1) is 0 Å². The molecule has 0 radical (unpaired) electrons. The van der Waals surface area contributed by atoms with Crippen molar-refractivity contribution in [1.82, 2.24) is 0 Å². The highest BCUT2D eigenvalue weighted by molar-refractivity contribution is 7.28. The summed E-state index contributed by atoms with van der Waals surface area (Å²) >= 11 is 3.84. The van der Waals surface area contributed by atoms with E-state index in [0.717, 1.165) is 0 Å². The average Bonchev–Trinajstić information content (AvgIpc) is 3.72. The van der Waals surface area contributed by atoms with Gasteiger partial charge in [0.2, 0.25) is 0 Å². The minimum atomic E-state index is 1.26. The lowest BCUT2D eigenvalue weighted by atomic mass is 9.85. The molecule has 0 saturated heterocycles. The zero-order valence-corrected chi connectivity index (χ0v) is 27.5. The first-order valence-electron chi connectivity index (χ1n) is 16.4. The van der Waals surface area contributed by atoms with Crippen molar-refractivity contribution in [2.24, 2.45) is 0 Å². The molecule has 0 atom stereocenters. The summed E-state index contributed by atoms with van der Waals surface area (Å²) < 4.78 is 5.45. The van der Waals surface area contributed by atoms with Gasteiger partial charge in [-0.25, -0.2) is 0 Å². The molecule has 222 valence electrons. The van der Waals surface area contributed by atoms with E-state index in [2.05, 4.69) is 158 Å². The van der Waals surface area contributed by atoms with Crippen LogP contribution in [0.15, 0.2) is 158 Å². The summed E-state index contributed by atoms with van der Waals surface area (Å²) in [7, 11) is 0. The normalized spacial score (nSPS) is 12.2. The van der Waals surface area contributed by atoms with Crippen molar-refractivity contribution in [1.29, 1.82) is 0 Å². The lowest BCUT2D eigenvalue weighted by molar-refractivity contribution is 1.69. The van der Waals surface area contributed by atoms with Gasteiger partial charge in [-0.1, -0.05) is 133 Å². The molecule has 2 aromatic heterocycles. The standard InChI is InChI=1S/C46H26S2/c1-2-10-28-25-29(18-17-27(28)9-1)43-32-12-3-5-14-34(32)44(35-15-6-4-13-33(35)43)30-19-24-42-40(26-30)39-23-22-37-38(46(39)48-42)21-20-36-31-11-7-8-16-41(31)47-45(36)37/h1-26H. The van der Waals surface area contributed by atoms with Gasteiger partial charge in [0.05, 0.1) is 0 Å². The largest absolute Gasteiger partial charge is 0.135 e. The average molecular weight is 643 g/mol. The second-order valence-corrected chi connectivity index (χ2v) is 14.9. The van der Waals surface area contributed by atoms with Crippen LogP contribution in [0.4, 0.5) is 0 Å². The molecule has 0 aliphatic rings. The Morgan fingerprint density at radius 2 is 0.708 bits per heavy atom. The van der Waals surface area contributed by atoms with E-state index in [0.29, 0.717) is 0 Å². The molecule has 11 aromatic rings. The molecule has 0 fully saturated rings. The molecule has 48 heavy (non-hydrogen) atoms. The highest BCUT2D eigenvalue weighted by Crippen LogP contribution is 2.47. The van der Waals surface area contributed by atoms with Gasteiger partial charge in [-0.2, -0.15) is 0 Å². The number of thiophene rings is 2. The number of hydrogen-bond donors (Lipinski definition) is 0. The first-order valence-corrected chi connectivity index (χ1v) is 18.1. The van der Waals surface area contributed by atoms with E-state index in [1.54, 1.807) is 0 Å². The summed E-state index contributed by atoms with van der Waals surface area (Å²) in [6.07, 6.45) is 0. The summed E-state index contributed by atoms with van der Waals surface area (Å²) in [6.45, 7) is 0.